The molecular formula is C11H19N3OS. The number of nitrogen functional groups attached to an aromatic ring is 1. The molecule has 0 radical (unpaired) electrons. The van der Waals surface area contributed by atoms with Crippen LogP contribution in [0.15, 0.2) is 11.4 Å². The summed E-state index contributed by atoms with van der Waals surface area (Å²) in [4.78, 5) is 8.29. The number of aliphatic hydroxyl groups excluding tert-OH is 1. The fourth-order valence-corrected chi connectivity index (χ4v) is 2.64. The van der Waals surface area contributed by atoms with Crippen LogP contribution < -0.4 is 5.73 Å². The minimum absolute atomic E-state index is 0.200. The maximum absolute atomic E-state index is 8.88. The second-order valence-electron chi connectivity index (χ2n) is 4.07. The normalized spacial score (nSPS) is 13.1. The fraction of sp³-hybridized carbons (Fsp3) is 0.636. The largest absolute Gasteiger partial charge is 0.396 e. The lowest BCUT2D eigenvalue weighted by Crippen LogP contribution is -2.06. The van der Waals surface area contributed by atoms with E-state index < -0.39 is 0 Å². The van der Waals surface area contributed by atoms with Gasteiger partial charge in [0.05, 0.1) is 0 Å². The molecule has 4 nitrogen and oxygen atoms in total. The van der Waals surface area contributed by atoms with Gasteiger partial charge < -0.3 is 10.8 Å². The summed E-state index contributed by atoms with van der Waals surface area (Å²) in [6, 6.07) is 0. The summed E-state index contributed by atoms with van der Waals surface area (Å²) in [6.45, 7) is 6.43. The molecule has 1 heterocycles. The van der Waals surface area contributed by atoms with Gasteiger partial charge in [0.15, 0.2) is 0 Å². The molecule has 90 valence electrons. The standard InChI is InChI=1S/C11H19N3OS/c1-7(2)9-10(12)13-6-14-11(9)16-8(3)4-5-15/h6-8,15H,4-5H2,1-3H3,(H2,12,13,14). The highest BCUT2D eigenvalue weighted by atomic mass is 32.2. The van der Waals surface area contributed by atoms with E-state index in [1.807, 2.05) is 0 Å². The second-order valence-corrected chi connectivity index (χ2v) is 5.50. The Morgan fingerprint density at radius 2 is 2.06 bits per heavy atom. The first-order valence-corrected chi connectivity index (χ1v) is 6.32. The van der Waals surface area contributed by atoms with Crippen LogP contribution in [-0.4, -0.2) is 26.9 Å². The lowest BCUT2D eigenvalue weighted by molar-refractivity contribution is 0.289. The third-order valence-electron chi connectivity index (χ3n) is 2.30. The molecule has 0 bridgehead atoms. The number of thioether (sulfide) groups is 1. The van der Waals surface area contributed by atoms with Gasteiger partial charge in [-0.3, -0.25) is 0 Å². The van der Waals surface area contributed by atoms with Gasteiger partial charge in [0, 0.05) is 17.4 Å². The molecule has 5 heteroatoms. The van der Waals surface area contributed by atoms with Crippen molar-refractivity contribution in [2.75, 3.05) is 12.3 Å². The SMILES string of the molecule is CC(CCO)Sc1ncnc(N)c1C(C)C. The molecule has 1 unspecified atom stereocenters. The summed E-state index contributed by atoms with van der Waals surface area (Å²) in [5.74, 6) is 0.869. The molecule has 0 aliphatic rings. The molecule has 3 N–H and O–H groups in total. The second kappa shape index (κ2) is 6.06. The molecule has 1 atom stereocenters. The molecule has 1 rings (SSSR count). The van der Waals surface area contributed by atoms with Crippen molar-refractivity contribution in [2.45, 2.75) is 43.4 Å². The van der Waals surface area contributed by atoms with Gasteiger partial charge in [-0.2, -0.15) is 0 Å². The van der Waals surface area contributed by atoms with E-state index in [2.05, 4.69) is 30.7 Å². The Hall–Kier alpha value is -0.810. The molecule has 0 fully saturated rings. The van der Waals surface area contributed by atoms with Gasteiger partial charge in [-0.25, -0.2) is 9.97 Å². The zero-order chi connectivity index (χ0) is 12.1. The number of hydrogen-bond donors (Lipinski definition) is 2. The van der Waals surface area contributed by atoms with Crippen molar-refractivity contribution < 1.29 is 5.11 Å². The van der Waals surface area contributed by atoms with Crippen LogP contribution in [0, 0.1) is 0 Å². The topological polar surface area (TPSA) is 72.0 Å². The zero-order valence-corrected chi connectivity index (χ0v) is 10.8. The predicted octanol–water partition coefficient (Wildman–Crippen LogP) is 2.05. The van der Waals surface area contributed by atoms with Gasteiger partial charge in [-0.1, -0.05) is 20.8 Å². The number of anilines is 1. The first-order valence-electron chi connectivity index (χ1n) is 5.44. The third kappa shape index (κ3) is 3.35. The first-order chi connectivity index (χ1) is 7.56. The minimum atomic E-state index is 0.200. The summed E-state index contributed by atoms with van der Waals surface area (Å²) >= 11 is 1.65. The monoisotopic (exact) mass is 241 g/mol. The van der Waals surface area contributed by atoms with E-state index in [1.54, 1.807) is 11.8 Å². The van der Waals surface area contributed by atoms with Crippen LogP contribution in [0.1, 0.15) is 38.7 Å². The molecular weight excluding hydrogens is 222 g/mol. The van der Waals surface area contributed by atoms with E-state index in [9.17, 15) is 0 Å². The van der Waals surface area contributed by atoms with E-state index in [-0.39, 0.29) is 6.61 Å². The number of hydrogen-bond acceptors (Lipinski definition) is 5. The van der Waals surface area contributed by atoms with E-state index in [0.717, 1.165) is 17.0 Å². The summed E-state index contributed by atoms with van der Waals surface area (Å²) < 4.78 is 0. The minimum Gasteiger partial charge on any atom is -0.396 e. The van der Waals surface area contributed by atoms with Gasteiger partial charge in [0.25, 0.3) is 0 Å². The van der Waals surface area contributed by atoms with Crippen LogP contribution in [-0.2, 0) is 0 Å². The molecule has 0 aliphatic carbocycles. The molecule has 0 spiro atoms. The van der Waals surface area contributed by atoms with Crippen molar-refractivity contribution in [3.05, 3.63) is 11.9 Å². The van der Waals surface area contributed by atoms with Gasteiger partial charge in [0.2, 0.25) is 0 Å². The fourth-order valence-electron chi connectivity index (χ4n) is 1.46. The number of rotatable bonds is 5. The Kier molecular flexibility index (Phi) is 5.02. The van der Waals surface area contributed by atoms with Crippen molar-refractivity contribution in [1.29, 1.82) is 0 Å². The molecule has 0 amide bonds. The lowest BCUT2D eigenvalue weighted by atomic mass is 10.1. The van der Waals surface area contributed by atoms with E-state index in [4.69, 9.17) is 10.8 Å². The van der Waals surface area contributed by atoms with E-state index in [1.165, 1.54) is 6.33 Å². The molecule has 0 saturated carbocycles. The highest BCUT2D eigenvalue weighted by molar-refractivity contribution is 7.99. The Morgan fingerprint density at radius 1 is 1.38 bits per heavy atom. The zero-order valence-electron chi connectivity index (χ0n) is 9.97. The average molecular weight is 241 g/mol. The summed E-state index contributed by atoms with van der Waals surface area (Å²) in [5, 5.41) is 10.1. The van der Waals surface area contributed by atoms with Crippen LogP contribution >= 0.6 is 11.8 Å². The van der Waals surface area contributed by atoms with Crippen molar-refractivity contribution in [2.24, 2.45) is 0 Å². The maximum atomic E-state index is 8.88. The van der Waals surface area contributed by atoms with Crippen LogP contribution in [0.5, 0.6) is 0 Å². The number of aromatic nitrogens is 2. The molecule has 1 aromatic rings. The molecule has 16 heavy (non-hydrogen) atoms. The van der Waals surface area contributed by atoms with Crippen LogP contribution in [0.25, 0.3) is 0 Å². The van der Waals surface area contributed by atoms with E-state index in [0.29, 0.717) is 17.0 Å². The maximum Gasteiger partial charge on any atom is 0.131 e. The van der Waals surface area contributed by atoms with Gasteiger partial charge in [0.1, 0.15) is 17.2 Å². The van der Waals surface area contributed by atoms with Crippen molar-refractivity contribution >= 4 is 17.6 Å². The Bertz CT molecular complexity index is 344. The first kappa shape index (κ1) is 13.3. The van der Waals surface area contributed by atoms with Crippen LogP contribution in [0.2, 0.25) is 0 Å². The van der Waals surface area contributed by atoms with Crippen LogP contribution in [0.4, 0.5) is 5.82 Å². The van der Waals surface area contributed by atoms with Crippen molar-refractivity contribution in [1.82, 2.24) is 9.97 Å². The summed E-state index contributed by atoms with van der Waals surface area (Å²) in [7, 11) is 0. The molecule has 0 aromatic carbocycles. The number of nitrogens with zero attached hydrogens (tertiary/aromatic N) is 2. The Balaban J connectivity index is 2.90. The molecule has 0 saturated heterocycles. The number of aliphatic hydroxyl groups is 1. The van der Waals surface area contributed by atoms with Crippen molar-refractivity contribution in [3.8, 4) is 0 Å². The van der Waals surface area contributed by atoms with Crippen LogP contribution in [0.3, 0.4) is 0 Å². The number of nitrogens with two attached hydrogens (primary N) is 1. The highest BCUT2D eigenvalue weighted by Gasteiger charge is 2.15. The Morgan fingerprint density at radius 3 is 2.62 bits per heavy atom. The van der Waals surface area contributed by atoms with Crippen molar-refractivity contribution in [3.63, 3.8) is 0 Å². The highest BCUT2D eigenvalue weighted by Crippen LogP contribution is 2.32. The lowest BCUT2D eigenvalue weighted by Gasteiger charge is -2.15. The Labute approximate surface area is 101 Å². The van der Waals surface area contributed by atoms with Gasteiger partial charge in [-0.15, -0.1) is 11.8 Å². The molecule has 0 aliphatic heterocycles. The van der Waals surface area contributed by atoms with Gasteiger partial charge in [-0.05, 0) is 12.3 Å². The summed E-state index contributed by atoms with van der Waals surface area (Å²) in [5.41, 5.74) is 6.87. The third-order valence-corrected chi connectivity index (χ3v) is 3.49. The van der Waals surface area contributed by atoms with E-state index >= 15 is 0 Å². The van der Waals surface area contributed by atoms with Gasteiger partial charge >= 0.3 is 0 Å². The quantitative estimate of drug-likeness (QED) is 0.609. The smallest absolute Gasteiger partial charge is 0.131 e. The predicted molar refractivity (Wildman–Crippen MR) is 67.6 cm³/mol. The molecule has 1 aromatic heterocycles. The summed E-state index contributed by atoms with van der Waals surface area (Å²) in [6.07, 6.45) is 2.25. The average Bonchev–Trinajstić information content (AvgIpc) is 2.17.